The van der Waals surface area contributed by atoms with E-state index in [0.717, 1.165) is 16.8 Å². The van der Waals surface area contributed by atoms with Crippen LogP contribution >= 0.6 is 0 Å². The van der Waals surface area contributed by atoms with Crippen LogP contribution < -0.4 is 10.2 Å². The largest absolute Gasteiger partial charge is 0.495 e. The summed E-state index contributed by atoms with van der Waals surface area (Å²) in [5.41, 5.74) is 1.94. The van der Waals surface area contributed by atoms with Gasteiger partial charge in [0.25, 0.3) is 0 Å². The summed E-state index contributed by atoms with van der Waals surface area (Å²) in [4.78, 5) is 0. The molecule has 0 aliphatic carbocycles. The van der Waals surface area contributed by atoms with Gasteiger partial charge in [0.1, 0.15) is 11.5 Å². The highest BCUT2D eigenvalue weighted by Crippen LogP contribution is 2.37. The van der Waals surface area contributed by atoms with E-state index in [0.29, 0.717) is 11.3 Å². The molecule has 1 heterocycles. The van der Waals surface area contributed by atoms with E-state index in [-0.39, 0.29) is 18.3 Å². The molecule has 0 amide bonds. The van der Waals surface area contributed by atoms with Crippen LogP contribution in [0.5, 0.6) is 11.5 Å². The van der Waals surface area contributed by atoms with Crippen molar-refractivity contribution in [1.82, 2.24) is 0 Å². The summed E-state index contributed by atoms with van der Waals surface area (Å²) < 4.78 is 18.1. The SMILES string of the molecule is Cc1cc(Oc2ccc(C#N)cc2)ccc1B1OC(C)(C)C(C)(C)O1. The molecule has 0 bridgehead atoms. The zero-order valence-electron chi connectivity index (χ0n) is 15.3. The summed E-state index contributed by atoms with van der Waals surface area (Å²) in [5, 5.41) is 8.85. The third-order valence-corrected chi connectivity index (χ3v) is 4.97. The number of hydrogen-bond donors (Lipinski definition) is 0. The number of ether oxygens (including phenoxy) is 1. The zero-order valence-corrected chi connectivity index (χ0v) is 15.3. The maximum atomic E-state index is 8.85. The van der Waals surface area contributed by atoms with Crippen LogP contribution in [-0.4, -0.2) is 18.3 Å². The summed E-state index contributed by atoms with van der Waals surface area (Å²) >= 11 is 0. The second kappa shape index (κ2) is 6.22. The second-order valence-corrected chi connectivity index (χ2v) is 7.34. The molecule has 128 valence electrons. The van der Waals surface area contributed by atoms with E-state index >= 15 is 0 Å². The van der Waals surface area contributed by atoms with E-state index in [2.05, 4.69) is 6.07 Å². The topological polar surface area (TPSA) is 51.5 Å². The van der Waals surface area contributed by atoms with Crippen molar-refractivity contribution in [2.75, 3.05) is 0 Å². The lowest BCUT2D eigenvalue weighted by molar-refractivity contribution is 0.00578. The van der Waals surface area contributed by atoms with Crippen molar-refractivity contribution in [3.8, 4) is 17.6 Å². The molecule has 3 rings (SSSR count). The molecule has 0 unspecified atom stereocenters. The number of rotatable bonds is 3. The zero-order chi connectivity index (χ0) is 18.2. The van der Waals surface area contributed by atoms with E-state index in [9.17, 15) is 0 Å². The predicted octanol–water partition coefficient (Wildman–Crippen LogP) is 3.96. The fraction of sp³-hybridized carbons (Fsp3) is 0.350. The van der Waals surface area contributed by atoms with E-state index < -0.39 is 0 Å². The molecule has 0 aromatic heterocycles. The molecule has 0 N–H and O–H groups in total. The summed E-state index contributed by atoms with van der Waals surface area (Å²) in [6, 6.07) is 15.0. The van der Waals surface area contributed by atoms with Gasteiger partial charge < -0.3 is 14.0 Å². The van der Waals surface area contributed by atoms with Gasteiger partial charge in [-0.25, -0.2) is 0 Å². The smallest absolute Gasteiger partial charge is 0.457 e. The monoisotopic (exact) mass is 335 g/mol. The Morgan fingerprint density at radius 1 is 0.920 bits per heavy atom. The molecule has 0 radical (unpaired) electrons. The Morgan fingerprint density at radius 3 is 2.00 bits per heavy atom. The van der Waals surface area contributed by atoms with Crippen LogP contribution in [0.4, 0.5) is 0 Å². The van der Waals surface area contributed by atoms with E-state index in [1.807, 2.05) is 52.8 Å². The van der Waals surface area contributed by atoms with Gasteiger partial charge in [0.15, 0.2) is 0 Å². The lowest BCUT2D eigenvalue weighted by atomic mass is 9.76. The summed E-state index contributed by atoms with van der Waals surface area (Å²) in [6.45, 7) is 10.2. The van der Waals surface area contributed by atoms with Gasteiger partial charge in [0, 0.05) is 0 Å². The highest BCUT2D eigenvalue weighted by molar-refractivity contribution is 6.62. The number of hydrogen-bond acceptors (Lipinski definition) is 4. The molecule has 2 aromatic carbocycles. The quantitative estimate of drug-likeness (QED) is 0.797. The minimum atomic E-state index is -0.381. The average molecular weight is 335 g/mol. The number of nitrogens with zero attached hydrogens (tertiary/aromatic N) is 1. The molecule has 5 heteroatoms. The predicted molar refractivity (Wildman–Crippen MR) is 98.1 cm³/mol. The Bertz CT molecular complexity index is 806. The van der Waals surface area contributed by atoms with Gasteiger partial charge in [-0.1, -0.05) is 6.07 Å². The Morgan fingerprint density at radius 2 is 1.48 bits per heavy atom. The molecule has 4 nitrogen and oxygen atoms in total. The van der Waals surface area contributed by atoms with Crippen molar-refractivity contribution in [3.63, 3.8) is 0 Å². The van der Waals surface area contributed by atoms with Gasteiger partial charge >= 0.3 is 7.12 Å². The Balaban J connectivity index is 1.78. The summed E-state index contributed by atoms with van der Waals surface area (Å²) in [6.07, 6.45) is 0. The lowest BCUT2D eigenvalue weighted by Gasteiger charge is -2.32. The van der Waals surface area contributed by atoms with Crippen molar-refractivity contribution in [3.05, 3.63) is 53.6 Å². The first-order valence-corrected chi connectivity index (χ1v) is 8.36. The standard InChI is InChI=1S/C20H22BNO3/c1-14-12-17(23-16-8-6-15(13-22)7-9-16)10-11-18(14)21-24-19(2,3)20(4,5)25-21/h6-12H,1-5H3. The van der Waals surface area contributed by atoms with E-state index in [1.165, 1.54) is 0 Å². The maximum absolute atomic E-state index is 8.85. The normalized spacial score (nSPS) is 18.0. The second-order valence-electron chi connectivity index (χ2n) is 7.34. The van der Waals surface area contributed by atoms with Crippen LogP contribution in [0.15, 0.2) is 42.5 Å². The molecular formula is C20H22BNO3. The summed E-state index contributed by atoms with van der Waals surface area (Å²) in [5.74, 6) is 1.43. The van der Waals surface area contributed by atoms with Crippen molar-refractivity contribution in [1.29, 1.82) is 5.26 Å². The molecular weight excluding hydrogens is 313 g/mol. The molecule has 0 spiro atoms. The summed E-state index contributed by atoms with van der Waals surface area (Å²) in [7, 11) is -0.381. The van der Waals surface area contributed by atoms with Gasteiger partial charge in [-0.3, -0.25) is 0 Å². The minimum Gasteiger partial charge on any atom is -0.457 e. The molecule has 1 fully saturated rings. The van der Waals surface area contributed by atoms with Crippen LogP contribution in [0.3, 0.4) is 0 Å². The minimum absolute atomic E-state index is 0.359. The molecule has 2 aromatic rings. The number of aryl methyl sites for hydroxylation is 1. The first-order chi connectivity index (χ1) is 11.7. The highest BCUT2D eigenvalue weighted by Gasteiger charge is 2.52. The number of nitriles is 1. The first kappa shape index (κ1) is 17.5. The fourth-order valence-corrected chi connectivity index (χ4v) is 2.68. The number of benzene rings is 2. The van der Waals surface area contributed by atoms with Crippen LogP contribution in [0, 0.1) is 18.3 Å². The van der Waals surface area contributed by atoms with E-state index in [4.69, 9.17) is 19.3 Å². The lowest BCUT2D eigenvalue weighted by Crippen LogP contribution is -2.41. The highest BCUT2D eigenvalue weighted by atomic mass is 16.7. The molecule has 1 saturated heterocycles. The molecule has 0 atom stereocenters. The van der Waals surface area contributed by atoms with Crippen LogP contribution in [0.1, 0.15) is 38.8 Å². The maximum Gasteiger partial charge on any atom is 0.495 e. The van der Waals surface area contributed by atoms with Crippen molar-refractivity contribution in [2.45, 2.75) is 45.8 Å². The molecule has 25 heavy (non-hydrogen) atoms. The molecule has 0 saturated carbocycles. The van der Waals surface area contributed by atoms with Gasteiger partial charge in [-0.15, -0.1) is 0 Å². The van der Waals surface area contributed by atoms with Crippen molar-refractivity contribution in [2.24, 2.45) is 0 Å². The Labute approximate surface area is 149 Å². The van der Waals surface area contributed by atoms with Gasteiger partial charge in [-0.05, 0) is 82.0 Å². The average Bonchev–Trinajstić information content (AvgIpc) is 2.76. The third-order valence-electron chi connectivity index (χ3n) is 4.97. The van der Waals surface area contributed by atoms with E-state index in [1.54, 1.807) is 24.3 Å². The molecule has 1 aliphatic heterocycles. The van der Waals surface area contributed by atoms with Crippen molar-refractivity contribution >= 4 is 12.6 Å². The van der Waals surface area contributed by atoms with Gasteiger partial charge in [-0.2, -0.15) is 5.26 Å². The Kier molecular flexibility index (Phi) is 4.36. The van der Waals surface area contributed by atoms with Crippen molar-refractivity contribution < 1.29 is 14.0 Å². The first-order valence-electron chi connectivity index (χ1n) is 8.36. The van der Waals surface area contributed by atoms with Gasteiger partial charge in [0.05, 0.1) is 22.8 Å². The Hall–Kier alpha value is -2.29. The van der Waals surface area contributed by atoms with Gasteiger partial charge in [0.2, 0.25) is 0 Å². The third kappa shape index (κ3) is 3.41. The van der Waals surface area contributed by atoms with Crippen LogP contribution in [0.2, 0.25) is 0 Å². The van der Waals surface area contributed by atoms with Crippen LogP contribution in [0.25, 0.3) is 0 Å². The van der Waals surface area contributed by atoms with Crippen LogP contribution in [-0.2, 0) is 9.31 Å². The fourth-order valence-electron chi connectivity index (χ4n) is 2.68. The molecule has 1 aliphatic rings.